The van der Waals surface area contributed by atoms with Gasteiger partial charge in [0, 0.05) is 30.5 Å². The molecule has 0 aromatic heterocycles. The van der Waals surface area contributed by atoms with Crippen molar-refractivity contribution in [3.05, 3.63) is 24.3 Å². The zero-order chi connectivity index (χ0) is 18.4. The molecule has 1 aliphatic rings. The van der Waals surface area contributed by atoms with Crippen molar-refractivity contribution in [1.82, 2.24) is 4.90 Å². The van der Waals surface area contributed by atoms with Gasteiger partial charge in [-0.15, -0.1) is 0 Å². The van der Waals surface area contributed by atoms with Gasteiger partial charge in [-0.05, 0) is 51.5 Å². The Morgan fingerprint density at radius 2 is 1.92 bits per heavy atom. The van der Waals surface area contributed by atoms with E-state index >= 15 is 0 Å². The number of nitriles is 1. The maximum atomic E-state index is 12.1. The van der Waals surface area contributed by atoms with Crippen LogP contribution in [0, 0.1) is 11.3 Å². The number of ether oxygens (including phenoxy) is 1. The Kier molecular flexibility index (Phi) is 5.86. The second kappa shape index (κ2) is 7.88. The van der Waals surface area contributed by atoms with Crippen LogP contribution in [0.1, 0.15) is 33.6 Å². The van der Waals surface area contributed by atoms with Crippen molar-refractivity contribution in [1.29, 1.82) is 5.26 Å². The highest BCUT2D eigenvalue weighted by molar-refractivity contribution is 5.92. The molecule has 1 aliphatic heterocycles. The number of benzene rings is 1. The second-order valence-electron chi connectivity index (χ2n) is 7.02. The summed E-state index contributed by atoms with van der Waals surface area (Å²) < 4.78 is 5.39. The molecular formula is C18H24N4O3. The fourth-order valence-corrected chi connectivity index (χ4v) is 2.53. The summed E-state index contributed by atoms with van der Waals surface area (Å²) in [5.74, 6) is -0.327. The fraction of sp³-hybridized carbons (Fsp3) is 0.500. The third-order valence-electron chi connectivity index (χ3n) is 3.62. The zero-order valence-corrected chi connectivity index (χ0v) is 14.8. The van der Waals surface area contributed by atoms with Crippen LogP contribution in [0.2, 0.25) is 0 Å². The van der Waals surface area contributed by atoms with Crippen LogP contribution in [0.25, 0.3) is 0 Å². The average Bonchev–Trinajstić information content (AvgIpc) is 2.96. The van der Waals surface area contributed by atoms with Crippen LogP contribution in [-0.4, -0.2) is 41.6 Å². The minimum atomic E-state index is -0.492. The van der Waals surface area contributed by atoms with Crippen LogP contribution in [0.15, 0.2) is 24.3 Å². The molecule has 2 N–H and O–H groups in total. The first-order valence-corrected chi connectivity index (χ1v) is 8.28. The number of carbonyl (C=O) groups excluding carboxylic acids is 2. The number of likely N-dealkylation sites (tertiary alicyclic amines) is 1. The largest absolute Gasteiger partial charge is 0.444 e. The normalized spacial score (nSPS) is 16.9. The summed E-state index contributed by atoms with van der Waals surface area (Å²) in [7, 11) is 0. The van der Waals surface area contributed by atoms with Crippen molar-refractivity contribution in [2.45, 2.75) is 45.3 Å². The van der Waals surface area contributed by atoms with Crippen LogP contribution in [-0.2, 0) is 9.53 Å². The van der Waals surface area contributed by atoms with E-state index in [4.69, 9.17) is 10.00 Å². The summed E-state index contributed by atoms with van der Waals surface area (Å²) in [5, 5.41) is 14.5. The average molecular weight is 344 g/mol. The minimum Gasteiger partial charge on any atom is -0.444 e. The zero-order valence-electron chi connectivity index (χ0n) is 14.8. The Morgan fingerprint density at radius 3 is 2.52 bits per heavy atom. The molecule has 1 aromatic rings. The molecule has 2 rings (SSSR count). The van der Waals surface area contributed by atoms with Crippen molar-refractivity contribution in [2.75, 3.05) is 23.7 Å². The number of hydrogen-bond donors (Lipinski definition) is 2. The topological polar surface area (TPSA) is 94.5 Å². The molecule has 1 atom stereocenters. The third kappa shape index (κ3) is 5.99. The molecule has 25 heavy (non-hydrogen) atoms. The minimum absolute atomic E-state index is 0.159. The van der Waals surface area contributed by atoms with Crippen molar-refractivity contribution in [3.63, 3.8) is 0 Å². The van der Waals surface area contributed by atoms with Crippen LogP contribution in [0.4, 0.5) is 16.2 Å². The van der Waals surface area contributed by atoms with E-state index in [1.807, 2.05) is 39.0 Å². The maximum absolute atomic E-state index is 12.1. The van der Waals surface area contributed by atoms with Crippen molar-refractivity contribution in [2.24, 2.45) is 0 Å². The van der Waals surface area contributed by atoms with Crippen LogP contribution in [0.5, 0.6) is 0 Å². The Labute approximate surface area is 147 Å². The van der Waals surface area contributed by atoms with Gasteiger partial charge in [-0.2, -0.15) is 5.26 Å². The first-order valence-electron chi connectivity index (χ1n) is 8.28. The molecule has 2 amide bonds. The van der Waals surface area contributed by atoms with Gasteiger partial charge < -0.3 is 20.3 Å². The molecule has 1 fully saturated rings. The number of nitrogens with one attached hydrogen (secondary N) is 2. The number of nitrogens with zero attached hydrogens (tertiary/aromatic N) is 2. The smallest absolute Gasteiger partial charge is 0.410 e. The summed E-state index contributed by atoms with van der Waals surface area (Å²) >= 11 is 0. The van der Waals surface area contributed by atoms with Crippen molar-refractivity contribution >= 4 is 23.4 Å². The molecule has 1 saturated heterocycles. The molecule has 1 aromatic carbocycles. The molecule has 7 heteroatoms. The molecule has 0 spiro atoms. The first kappa shape index (κ1) is 18.6. The van der Waals surface area contributed by atoms with Gasteiger partial charge in [0.1, 0.15) is 12.0 Å². The van der Waals surface area contributed by atoms with E-state index in [2.05, 4.69) is 10.6 Å². The molecule has 1 heterocycles. The standard InChI is InChI=1S/C18H24N4O3/c1-18(2,3)25-17(24)22-11-9-15(12-22)20-13-4-6-14(7-5-13)21-16(23)8-10-19/h4-7,15,20H,8-9,11-12H2,1-3H3,(H,21,23). The molecule has 0 aliphatic carbocycles. The predicted octanol–water partition coefficient (Wildman–Crippen LogP) is 2.96. The van der Waals surface area contributed by atoms with Gasteiger partial charge in [-0.25, -0.2) is 4.79 Å². The Hall–Kier alpha value is -2.75. The van der Waals surface area contributed by atoms with Gasteiger partial charge in [0.2, 0.25) is 5.91 Å². The van der Waals surface area contributed by atoms with E-state index in [9.17, 15) is 9.59 Å². The van der Waals surface area contributed by atoms with Crippen LogP contribution in [0.3, 0.4) is 0 Å². The van der Waals surface area contributed by atoms with Gasteiger partial charge >= 0.3 is 6.09 Å². The quantitative estimate of drug-likeness (QED) is 0.876. The van der Waals surface area contributed by atoms with Gasteiger partial charge in [-0.1, -0.05) is 0 Å². The van der Waals surface area contributed by atoms with Crippen LogP contribution >= 0.6 is 0 Å². The monoisotopic (exact) mass is 344 g/mol. The fourth-order valence-electron chi connectivity index (χ4n) is 2.53. The number of hydrogen-bond acceptors (Lipinski definition) is 5. The number of rotatable bonds is 4. The SMILES string of the molecule is CC(C)(C)OC(=O)N1CCC(Nc2ccc(NC(=O)CC#N)cc2)C1. The molecule has 0 radical (unpaired) electrons. The number of anilines is 2. The van der Waals surface area contributed by atoms with E-state index in [0.717, 1.165) is 12.1 Å². The lowest BCUT2D eigenvalue weighted by atomic mass is 10.2. The van der Waals surface area contributed by atoms with Gasteiger partial charge in [0.25, 0.3) is 0 Å². The second-order valence-corrected chi connectivity index (χ2v) is 7.02. The Balaban J connectivity index is 1.84. The van der Waals surface area contributed by atoms with E-state index < -0.39 is 5.60 Å². The predicted molar refractivity (Wildman–Crippen MR) is 95.1 cm³/mol. The molecule has 1 unspecified atom stereocenters. The van der Waals surface area contributed by atoms with Crippen LogP contribution < -0.4 is 10.6 Å². The lowest BCUT2D eigenvalue weighted by Gasteiger charge is -2.24. The van der Waals surface area contributed by atoms with Crippen molar-refractivity contribution < 1.29 is 14.3 Å². The lowest BCUT2D eigenvalue weighted by molar-refractivity contribution is -0.115. The van der Waals surface area contributed by atoms with Gasteiger partial charge in [0.05, 0.1) is 6.07 Å². The highest BCUT2D eigenvalue weighted by Crippen LogP contribution is 2.20. The van der Waals surface area contributed by atoms with E-state index in [-0.39, 0.29) is 24.5 Å². The molecule has 0 saturated carbocycles. The maximum Gasteiger partial charge on any atom is 0.410 e. The Morgan fingerprint density at radius 1 is 1.28 bits per heavy atom. The third-order valence-corrected chi connectivity index (χ3v) is 3.62. The summed E-state index contributed by atoms with van der Waals surface area (Å²) in [6.07, 6.45) is 0.398. The summed E-state index contributed by atoms with van der Waals surface area (Å²) in [6.45, 7) is 6.82. The Bertz CT molecular complexity index is 658. The highest BCUT2D eigenvalue weighted by atomic mass is 16.6. The first-order chi connectivity index (χ1) is 11.8. The number of amides is 2. The summed E-state index contributed by atoms with van der Waals surface area (Å²) in [5.41, 5.74) is 1.07. The van der Waals surface area contributed by atoms with E-state index in [1.165, 1.54) is 0 Å². The summed E-state index contributed by atoms with van der Waals surface area (Å²) in [6, 6.07) is 9.24. The van der Waals surface area contributed by atoms with Gasteiger partial charge in [-0.3, -0.25) is 4.79 Å². The summed E-state index contributed by atoms with van der Waals surface area (Å²) in [4.78, 5) is 25.2. The molecule has 134 valence electrons. The van der Waals surface area contributed by atoms with Crippen molar-refractivity contribution in [3.8, 4) is 6.07 Å². The van der Waals surface area contributed by atoms with Gasteiger partial charge in [0.15, 0.2) is 0 Å². The lowest BCUT2D eigenvalue weighted by Crippen LogP contribution is -2.36. The molecule has 7 nitrogen and oxygen atoms in total. The van der Waals surface area contributed by atoms with E-state index in [1.54, 1.807) is 17.0 Å². The highest BCUT2D eigenvalue weighted by Gasteiger charge is 2.29. The van der Waals surface area contributed by atoms with E-state index in [0.29, 0.717) is 18.8 Å². The number of carbonyl (C=O) groups is 2. The molecule has 0 bridgehead atoms. The molecular weight excluding hydrogens is 320 g/mol.